The second kappa shape index (κ2) is 4.74. The molecule has 3 N–H and O–H groups in total. The zero-order chi connectivity index (χ0) is 13.3. The summed E-state index contributed by atoms with van der Waals surface area (Å²) in [7, 11) is 1.74. The summed E-state index contributed by atoms with van der Waals surface area (Å²) in [4.78, 5) is 4.40. The highest BCUT2D eigenvalue weighted by Gasteiger charge is 2.41. The molecule has 0 aliphatic heterocycles. The number of nitrogens with two attached hydrogens (primary N) is 1. The van der Waals surface area contributed by atoms with Gasteiger partial charge in [-0.3, -0.25) is 0 Å². The van der Waals surface area contributed by atoms with E-state index in [0.29, 0.717) is 17.1 Å². The molecule has 2 aromatic rings. The van der Waals surface area contributed by atoms with Gasteiger partial charge in [0.2, 0.25) is 0 Å². The van der Waals surface area contributed by atoms with Crippen LogP contribution in [0.15, 0.2) is 22.6 Å². The molecule has 1 aromatic heterocycles. The second-order valence-corrected chi connectivity index (χ2v) is 5.34. The quantitative estimate of drug-likeness (QED) is 0.782. The standard InChI is InChI=1S/C14H19N3O2/c1-18-7-6-14(4-5-14)9-16-13-17-11-8-10(15)2-3-12(11)19-13/h2-3,8H,4-7,9,15H2,1H3,(H,16,17). The SMILES string of the molecule is COCCC1(CNc2nc3cc(N)ccc3o2)CC1. The topological polar surface area (TPSA) is 73.3 Å². The maximum atomic E-state index is 5.73. The Labute approximate surface area is 112 Å². The molecule has 5 heteroatoms. The largest absolute Gasteiger partial charge is 0.424 e. The molecule has 1 fully saturated rings. The Kier molecular flexibility index (Phi) is 3.06. The van der Waals surface area contributed by atoms with Gasteiger partial charge in [0.15, 0.2) is 5.58 Å². The maximum Gasteiger partial charge on any atom is 0.295 e. The first-order chi connectivity index (χ1) is 9.21. The van der Waals surface area contributed by atoms with Gasteiger partial charge in [-0.15, -0.1) is 0 Å². The number of hydrogen-bond acceptors (Lipinski definition) is 5. The summed E-state index contributed by atoms with van der Waals surface area (Å²) in [6.45, 7) is 1.70. The van der Waals surface area contributed by atoms with Crippen LogP contribution in [-0.2, 0) is 4.74 Å². The zero-order valence-electron chi connectivity index (χ0n) is 11.1. The predicted octanol–water partition coefficient (Wildman–Crippen LogP) is 2.64. The van der Waals surface area contributed by atoms with Crippen LogP contribution in [0.1, 0.15) is 19.3 Å². The third-order valence-electron chi connectivity index (χ3n) is 3.82. The second-order valence-electron chi connectivity index (χ2n) is 5.34. The fraction of sp³-hybridized carbons (Fsp3) is 0.500. The molecule has 0 atom stereocenters. The average Bonchev–Trinajstić information content (AvgIpc) is 3.06. The summed E-state index contributed by atoms with van der Waals surface area (Å²) >= 11 is 0. The fourth-order valence-electron chi connectivity index (χ4n) is 2.29. The minimum atomic E-state index is 0.371. The number of rotatable bonds is 6. The predicted molar refractivity (Wildman–Crippen MR) is 75.1 cm³/mol. The molecule has 0 amide bonds. The van der Waals surface area contributed by atoms with Crippen molar-refractivity contribution in [1.82, 2.24) is 4.98 Å². The number of ether oxygens (including phenoxy) is 1. The smallest absolute Gasteiger partial charge is 0.295 e. The molecule has 0 saturated heterocycles. The van der Waals surface area contributed by atoms with Crippen molar-refractivity contribution >= 4 is 22.8 Å². The lowest BCUT2D eigenvalue weighted by Crippen LogP contribution is -2.17. The Hall–Kier alpha value is -1.75. The van der Waals surface area contributed by atoms with Gasteiger partial charge in [0, 0.05) is 25.9 Å². The number of nitrogens with zero attached hydrogens (tertiary/aromatic N) is 1. The van der Waals surface area contributed by atoms with Crippen LogP contribution in [0, 0.1) is 5.41 Å². The van der Waals surface area contributed by atoms with Crippen LogP contribution in [0.4, 0.5) is 11.7 Å². The van der Waals surface area contributed by atoms with Gasteiger partial charge in [0.1, 0.15) is 5.52 Å². The van der Waals surface area contributed by atoms with Gasteiger partial charge in [-0.1, -0.05) is 0 Å². The van der Waals surface area contributed by atoms with Gasteiger partial charge in [0.25, 0.3) is 6.01 Å². The number of methoxy groups -OCH3 is 1. The van der Waals surface area contributed by atoms with E-state index in [1.807, 2.05) is 18.2 Å². The molecule has 1 heterocycles. The Balaban J connectivity index is 1.65. The highest BCUT2D eigenvalue weighted by Crippen LogP contribution is 2.48. The van der Waals surface area contributed by atoms with Crippen LogP contribution >= 0.6 is 0 Å². The number of anilines is 2. The van der Waals surface area contributed by atoms with Crippen molar-refractivity contribution < 1.29 is 9.15 Å². The monoisotopic (exact) mass is 261 g/mol. The molecule has 1 saturated carbocycles. The Bertz CT molecular complexity index is 575. The number of oxazole rings is 1. The summed E-state index contributed by atoms with van der Waals surface area (Å²) < 4.78 is 10.8. The molecule has 0 radical (unpaired) electrons. The van der Waals surface area contributed by atoms with Crippen molar-refractivity contribution in [2.24, 2.45) is 5.41 Å². The van der Waals surface area contributed by atoms with Gasteiger partial charge in [-0.25, -0.2) is 0 Å². The first-order valence-corrected chi connectivity index (χ1v) is 6.60. The van der Waals surface area contributed by atoms with Gasteiger partial charge in [-0.2, -0.15) is 4.98 Å². The Morgan fingerprint density at radius 3 is 3.05 bits per heavy atom. The number of hydrogen-bond donors (Lipinski definition) is 2. The summed E-state index contributed by atoms with van der Waals surface area (Å²) in [5.74, 6) is 0. The lowest BCUT2D eigenvalue weighted by molar-refractivity contribution is 0.174. The van der Waals surface area contributed by atoms with Crippen LogP contribution in [0.5, 0.6) is 0 Å². The van der Waals surface area contributed by atoms with E-state index in [1.54, 1.807) is 7.11 Å². The summed E-state index contributed by atoms with van der Waals surface area (Å²) in [5.41, 5.74) is 8.35. The number of nitrogen functional groups attached to an aromatic ring is 1. The first kappa shape index (κ1) is 12.3. The minimum absolute atomic E-state index is 0.371. The average molecular weight is 261 g/mol. The zero-order valence-corrected chi connectivity index (χ0v) is 11.1. The van der Waals surface area contributed by atoms with Gasteiger partial charge < -0.3 is 20.2 Å². The lowest BCUT2D eigenvalue weighted by atomic mass is 10.0. The van der Waals surface area contributed by atoms with Gasteiger partial charge in [0.05, 0.1) is 0 Å². The molecule has 1 aliphatic rings. The Morgan fingerprint density at radius 1 is 1.47 bits per heavy atom. The highest BCUT2D eigenvalue weighted by atomic mass is 16.5. The van der Waals surface area contributed by atoms with Gasteiger partial charge in [-0.05, 0) is 42.9 Å². The van der Waals surface area contributed by atoms with Crippen LogP contribution in [0.25, 0.3) is 11.1 Å². The van der Waals surface area contributed by atoms with Crippen molar-refractivity contribution in [3.8, 4) is 0 Å². The Morgan fingerprint density at radius 2 is 2.32 bits per heavy atom. The van der Waals surface area contributed by atoms with Crippen LogP contribution in [-0.4, -0.2) is 25.2 Å². The summed E-state index contributed by atoms with van der Waals surface area (Å²) in [6.07, 6.45) is 3.58. The van der Waals surface area contributed by atoms with E-state index in [-0.39, 0.29) is 0 Å². The van der Waals surface area contributed by atoms with E-state index in [2.05, 4.69) is 10.3 Å². The molecule has 1 aliphatic carbocycles. The third-order valence-corrected chi connectivity index (χ3v) is 3.82. The fourth-order valence-corrected chi connectivity index (χ4v) is 2.29. The lowest BCUT2D eigenvalue weighted by Gasteiger charge is -2.14. The van der Waals surface area contributed by atoms with E-state index < -0.39 is 0 Å². The normalized spacial score (nSPS) is 16.7. The molecule has 5 nitrogen and oxygen atoms in total. The molecular weight excluding hydrogens is 242 g/mol. The van der Waals surface area contributed by atoms with Crippen molar-refractivity contribution in [3.63, 3.8) is 0 Å². The van der Waals surface area contributed by atoms with E-state index in [4.69, 9.17) is 14.9 Å². The molecule has 0 unspecified atom stereocenters. The molecule has 0 spiro atoms. The maximum absolute atomic E-state index is 5.73. The van der Waals surface area contributed by atoms with E-state index in [9.17, 15) is 0 Å². The number of benzene rings is 1. The van der Waals surface area contributed by atoms with Crippen molar-refractivity contribution in [2.75, 3.05) is 31.3 Å². The first-order valence-electron chi connectivity index (χ1n) is 6.60. The van der Waals surface area contributed by atoms with Crippen molar-refractivity contribution in [3.05, 3.63) is 18.2 Å². The van der Waals surface area contributed by atoms with Crippen molar-refractivity contribution in [1.29, 1.82) is 0 Å². The molecule has 3 rings (SSSR count). The van der Waals surface area contributed by atoms with E-state index >= 15 is 0 Å². The summed E-state index contributed by atoms with van der Waals surface area (Å²) in [5, 5.41) is 3.29. The molecule has 0 bridgehead atoms. The number of fused-ring (bicyclic) bond motifs is 1. The molecule has 1 aromatic carbocycles. The van der Waals surface area contributed by atoms with Crippen LogP contribution in [0.2, 0.25) is 0 Å². The molecular formula is C14H19N3O2. The summed E-state index contributed by atoms with van der Waals surface area (Å²) in [6, 6.07) is 6.06. The number of aromatic nitrogens is 1. The van der Waals surface area contributed by atoms with Crippen LogP contribution in [0.3, 0.4) is 0 Å². The minimum Gasteiger partial charge on any atom is -0.424 e. The molecule has 19 heavy (non-hydrogen) atoms. The van der Waals surface area contributed by atoms with Crippen LogP contribution < -0.4 is 11.1 Å². The van der Waals surface area contributed by atoms with Crippen molar-refractivity contribution in [2.45, 2.75) is 19.3 Å². The van der Waals surface area contributed by atoms with E-state index in [1.165, 1.54) is 12.8 Å². The third kappa shape index (κ3) is 2.66. The van der Waals surface area contributed by atoms with Gasteiger partial charge >= 0.3 is 0 Å². The molecule has 102 valence electrons. The number of nitrogens with one attached hydrogen (secondary N) is 1. The van der Waals surface area contributed by atoms with E-state index in [0.717, 1.165) is 30.7 Å². The highest BCUT2D eigenvalue weighted by molar-refractivity contribution is 5.78.